The standard InChI is InChI=1S/C20H20N2O4S2/c1-26-17-11-9-16(10-12-17)22(28(24,25)19-7-3-2-4-8-19)15-20(23)21-14-18-6-5-13-27-18/h2-13H,14-15H2,1H3,(H,21,23). The van der Waals surface area contributed by atoms with Gasteiger partial charge in [-0.15, -0.1) is 11.3 Å². The molecule has 6 nitrogen and oxygen atoms in total. The summed E-state index contributed by atoms with van der Waals surface area (Å²) in [5, 5.41) is 4.69. The maximum absolute atomic E-state index is 13.2. The van der Waals surface area contributed by atoms with Crippen molar-refractivity contribution in [3.63, 3.8) is 0 Å². The smallest absolute Gasteiger partial charge is 0.264 e. The van der Waals surface area contributed by atoms with Gasteiger partial charge in [0.2, 0.25) is 5.91 Å². The second kappa shape index (κ2) is 8.90. The first-order valence-electron chi connectivity index (χ1n) is 8.51. The van der Waals surface area contributed by atoms with Gasteiger partial charge in [0.05, 0.1) is 24.2 Å². The highest BCUT2D eigenvalue weighted by molar-refractivity contribution is 7.92. The first-order chi connectivity index (χ1) is 13.5. The van der Waals surface area contributed by atoms with E-state index in [0.29, 0.717) is 18.0 Å². The predicted molar refractivity (Wildman–Crippen MR) is 110 cm³/mol. The molecule has 2 aromatic carbocycles. The highest BCUT2D eigenvalue weighted by Crippen LogP contribution is 2.25. The van der Waals surface area contributed by atoms with E-state index in [-0.39, 0.29) is 17.3 Å². The molecule has 0 radical (unpaired) electrons. The van der Waals surface area contributed by atoms with E-state index in [1.54, 1.807) is 42.5 Å². The largest absolute Gasteiger partial charge is 0.497 e. The topological polar surface area (TPSA) is 75.7 Å². The first kappa shape index (κ1) is 19.9. The lowest BCUT2D eigenvalue weighted by molar-refractivity contribution is -0.119. The van der Waals surface area contributed by atoms with Gasteiger partial charge >= 0.3 is 0 Å². The predicted octanol–water partition coefficient (Wildman–Crippen LogP) is 3.27. The van der Waals surface area contributed by atoms with Crippen molar-refractivity contribution in [3.05, 3.63) is 77.0 Å². The molecular formula is C20H20N2O4S2. The van der Waals surface area contributed by atoms with Gasteiger partial charge in [0, 0.05) is 4.88 Å². The number of carbonyl (C=O) groups excluding carboxylic acids is 1. The third kappa shape index (κ3) is 4.71. The molecule has 0 saturated carbocycles. The molecular weight excluding hydrogens is 396 g/mol. The van der Waals surface area contributed by atoms with Crippen LogP contribution in [0.25, 0.3) is 0 Å². The molecule has 0 spiro atoms. The van der Waals surface area contributed by atoms with E-state index in [1.165, 1.54) is 30.6 Å². The Morgan fingerprint density at radius 3 is 2.36 bits per heavy atom. The molecule has 0 atom stereocenters. The summed E-state index contributed by atoms with van der Waals surface area (Å²) in [6, 6.07) is 18.4. The van der Waals surface area contributed by atoms with E-state index in [9.17, 15) is 13.2 Å². The molecule has 0 unspecified atom stereocenters. The zero-order valence-corrected chi connectivity index (χ0v) is 16.9. The number of thiophene rings is 1. The number of hydrogen-bond donors (Lipinski definition) is 1. The lowest BCUT2D eigenvalue weighted by Gasteiger charge is -2.24. The molecule has 1 aromatic heterocycles. The summed E-state index contributed by atoms with van der Waals surface area (Å²) in [6.07, 6.45) is 0. The van der Waals surface area contributed by atoms with Crippen molar-refractivity contribution in [2.75, 3.05) is 18.0 Å². The van der Waals surface area contributed by atoms with Gasteiger partial charge in [-0.3, -0.25) is 9.10 Å². The normalized spacial score (nSPS) is 11.0. The molecule has 0 aliphatic rings. The monoisotopic (exact) mass is 416 g/mol. The van der Waals surface area contributed by atoms with Crippen molar-refractivity contribution < 1.29 is 17.9 Å². The Morgan fingerprint density at radius 1 is 1.04 bits per heavy atom. The van der Waals surface area contributed by atoms with E-state index < -0.39 is 10.0 Å². The third-order valence-electron chi connectivity index (χ3n) is 4.02. The van der Waals surface area contributed by atoms with Gasteiger partial charge in [-0.25, -0.2) is 8.42 Å². The molecule has 28 heavy (non-hydrogen) atoms. The van der Waals surface area contributed by atoms with Crippen molar-refractivity contribution in [2.24, 2.45) is 0 Å². The first-order valence-corrected chi connectivity index (χ1v) is 10.8. The van der Waals surface area contributed by atoms with E-state index in [4.69, 9.17) is 4.74 Å². The molecule has 0 aliphatic heterocycles. The number of benzene rings is 2. The van der Waals surface area contributed by atoms with Crippen LogP contribution in [0.15, 0.2) is 77.0 Å². The molecule has 3 rings (SSSR count). The number of nitrogens with zero attached hydrogens (tertiary/aromatic N) is 1. The minimum Gasteiger partial charge on any atom is -0.497 e. The van der Waals surface area contributed by atoms with Crippen LogP contribution in [0.5, 0.6) is 5.75 Å². The van der Waals surface area contributed by atoms with Crippen molar-refractivity contribution in [1.82, 2.24) is 5.32 Å². The molecule has 0 aliphatic carbocycles. The molecule has 146 valence electrons. The SMILES string of the molecule is COc1ccc(N(CC(=O)NCc2cccs2)S(=O)(=O)c2ccccc2)cc1. The Morgan fingerprint density at radius 2 is 1.75 bits per heavy atom. The van der Waals surface area contributed by atoms with Gasteiger partial charge in [-0.1, -0.05) is 24.3 Å². The number of hydrogen-bond acceptors (Lipinski definition) is 5. The van der Waals surface area contributed by atoms with E-state index in [2.05, 4.69) is 5.32 Å². The number of methoxy groups -OCH3 is 1. The van der Waals surface area contributed by atoms with Crippen LogP contribution in [0.2, 0.25) is 0 Å². The maximum Gasteiger partial charge on any atom is 0.264 e. The van der Waals surface area contributed by atoms with Gasteiger partial charge < -0.3 is 10.1 Å². The van der Waals surface area contributed by atoms with E-state index in [1.807, 2.05) is 17.5 Å². The Balaban J connectivity index is 1.86. The van der Waals surface area contributed by atoms with Crippen molar-refractivity contribution in [3.8, 4) is 5.75 Å². The molecule has 1 amide bonds. The van der Waals surface area contributed by atoms with Crippen LogP contribution >= 0.6 is 11.3 Å². The quantitative estimate of drug-likeness (QED) is 0.612. The highest BCUT2D eigenvalue weighted by atomic mass is 32.2. The van der Waals surface area contributed by atoms with Gasteiger partial charge in [-0.05, 0) is 47.8 Å². The second-order valence-corrected chi connectivity index (χ2v) is 8.77. The summed E-state index contributed by atoms with van der Waals surface area (Å²) in [5.41, 5.74) is 0.385. The number of ether oxygens (including phenoxy) is 1. The molecule has 0 bridgehead atoms. The molecule has 3 aromatic rings. The minimum absolute atomic E-state index is 0.122. The van der Waals surface area contributed by atoms with E-state index in [0.717, 1.165) is 9.18 Å². The van der Waals surface area contributed by atoms with Crippen LogP contribution in [-0.4, -0.2) is 28.0 Å². The average Bonchev–Trinajstić information content (AvgIpc) is 3.25. The minimum atomic E-state index is -3.91. The summed E-state index contributed by atoms with van der Waals surface area (Å²) in [7, 11) is -2.37. The summed E-state index contributed by atoms with van der Waals surface area (Å²) >= 11 is 1.53. The van der Waals surface area contributed by atoms with Crippen molar-refractivity contribution in [1.29, 1.82) is 0 Å². The Hall–Kier alpha value is -2.84. The molecule has 8 heteroatoms. The fraction of sp³-hybridized carbons (Fsp3) is 0.150. The van der Waals surface area contributed by atoms with Crippen molar-refractivity contribution >= 4 is 33.0 Å². The van der Waals surface area contributed by atoms with Gasteiger partial charge in [0.1, 0.15) is 12.3 Å². The summed E-state index contributed by atoms with van der Waals surface area (Å²) in [5.74, 6) is 0.215. The van der Waals surface area contributed by atoms with Crippen LogP contribution in [-0.2, 0) is 21.4 Å². The maximum atomic E-state index is 13.2. The average molecular weight is 417 g/mol. The fourth-order valence-electron chi connectivity index (χ4n) is 2.57. The Bertz CT molecular complexity index is 1000. The fourth-order valence-corrected chi connectivity index (χ4v) is 4.66. The number of amides is 1. The summed E-state index contributed by atoms with van der Waals surface area (Å²) < 4.78 is 32.6. The summed E-state index contributed by atoms with van der Waals surface area (Å²) in [4.78, 5) is 13.6. The number of carbonyl (C=O) groups is 1. The van der Waals surface area contributed by atoms with Crippen LogP contribution in [0.3, 0.4) is 0 Å². The number of nitrogens with one attached hydrogen (secondary N) is 1. The zero-order valence-electron chi connectivity index (χ0n) is 15.2. The van der Waals surface area contributed by atoms with Crippen molar-refractivity contribution in [2.45, 2.75) is 11.4 Å². The number of sulfonamides is 1. The van der Waals surface area contributed by atoms with Crippen LogP contribution in [0.4, 0.5) is 5.69 Å². The van der Waals surface area contributed by atoms with Gasteiger partial charge in [0.25, 0.3) is 10.0 Å². The Labute approximate surface area is 168 Å². The number of anilines is 1. The molecule has 0 fully saturated rings. The van der Waals surface area contributed by atoms with E-state index >= 15 is 0 Å². The molecule has 0 saturated heterocycles. The van der Waals surface area contributed by atoms with Crippen LogP contribution in [0, 0.1) is 0 Å². The van der Waals surface area contributed by atoms with Gasteiger partial charge in [0.15, 0.2) is 0 Å². The number of rotatable bonds is 8. The lowest BCUT2D eigenvalue weighted by Crippen LogP contribution is -2.40. The molecule has 1 heterocycles. The van der Waals surface area contributed by atoms with Crippen LogP contribution < -0.4 is 14.4 Å². The zero-order chi connectivity index (χ0) is 20.0. The highest BCUT2D eigenvalue weighted by Gasteiger charge is 2.27. The van der Waals surface area contributed by atoms with Crippen LogP contribution in [0.1, 0.15) is 4.88 Å². The van der Waals surface area contributed by atoms with Gasteiger partial charge in [-0.2, -0.15) is 0 Å². The molecule has 1 N–H and O–H groups in total. The third-order valence-corrected chi connectivity index (χ3v) is 6.68. The Kier molecular flexibility index (Phi) is 6.33. The lowest BCUT2D eigenvalue weighted by atomic mass is 10.3. The second-order valence-electron chi connectivity index (χ2n) is 5.88. The summed E-state index contributed by atoms with van der Waals surface area (Å²) in [6.45, 7) is 0.0350.